The molecule has 1 aromatic heterocycles. The Morgan fingerprint density at radius 2 is 2.32 bits per heavy atom. The van der Waals surface area contributed by atoms with Crippen molar-refractivity contribution in [1.29, 1.82) is 5.26 Å². The first-order valence-corrected chi connectivity index (χ1v) is 5.39. The first kappa shape index (κ1) is 14.4. The third kappa shape index (κ3) is 3.38. The number of aromatic nitrogens is 1. The highest BCUT2D eigenvalue weighted by Gasteiger charge is 2.21. The molecule has 1 aromatic rings. The van der Waals surface area contributed by atoms with E-state index in [4.69, 9.17) is 10.4 Å². The van der Waals surface area contributed by atoms with Crippen molar-refractivity contribution in [3.8, 4) is 6.07 Å². The van der Waals surface area contributed by atoms with E-state index in [1.807, 2.05) is 0 Å². The van der Waals surface area contributed by atoms with Crippen LogP contribution in [0.25, 0.3) is 0 Å². The Labute approximate surface area is 109 Å². The standard InChI is InChI=1S/C11H12N4O4/c1-7(2)14(6-10(16)17)11-8(4-12)3-9(5-13-11)15(18)19/h3,5,7H,6H2,1-2H3,(H,16,17). The van der Waals surface area contributed by atoms with Gasteiger partial charge < -0.3 is 10.0 Å². The zero-order chi connectivity index (χ0) is 14.6. The molecule has 8 nitrogen and oxygen atoms in total. The summed E-state index contributed by atoms with van der Waals surface area (Å²) in [5, 5.41) is 28.5. The molecule has 19 heavy (non-hydrogen) atoms. The van der Waals surface area contributed by atoms with Crippen molar-refractivity contribution >= 4 is 17.5 Å². The molecule has 0 saturated carbocycles. The zero-order valence-electron chi connectivity index (χ0n) is 10.4. The summed E-state index contributed by atoms with van der Waals surface area (Å²) in [6.45, 7) is 3.15. The molecule has 0 unspecified atom stereocenters. The molecule has 0 aliphatic heterocycles. The molecule has 0 aliphatic carbocycles. The summed E-state index contributed by atoms with van der Waals surface area (Å²) >= 11 is 0. The van der Waals surface area contributed by atoms with Gasteiger partial charge >= 0.3 is 5.97 Å². The van der Waals surface area contributed by atoms with Crippen LogP contribution in [0.15, 0.2) is 12.3 Å². The highest BCUT2D eigenvalue weighted by atomic mass is 16.6. The van der Waals surface area contributed by atoms with Crippen LogP contribution in [-0.4, -0.2) is 33.6 Å². The van der Waals surface area contributed by atoms with Gasteiger partial charge in [-0.05, 0) is 13.8 Å². The van der Waals surface area contributed by atoms with Gasteiger partial charge in [0.05, 0.1) is 4.92 Å². The monoisotopic (exact) mass is 264 g/mol. The summed E-state index contributed by atoms with van der Waals surface area (Å²) < 4.78 is 0. The van der Waals surface area contributed by atoms with E-state index >= 15 is 0 Å². The minimum Gasteiger partial charge on any atom is -0.480 e. The fraction of sp³-hybridized carbons (Fsp3) is 0.364. The molecule has 1 heterocycles. The normalized spacial score (nSPS) is 10.0. The van der Waals surface area contributed by atoms with Crippen molar-refractivity contribution in [3.63, 3.8) is 0 Å². The largest absolute Gasteiger partial charge is 0.480 e. The number of rotatable bonds is 5. The maximum atomic E-state index is 10.8. The smallest absolute Gasteiger partial charge is 0.323 e. The van der Waals surface area contributed by atoms with Crippen molar-refractivity contribution in [2.45, 2.75) is 19.9 Å². The minimum absolute atomic E-state index is 0.0239. The van der Waals surface area contributed by atoms with Crippen LogP contribution in [0.5, 0.6) is 0 Å². The average Bonchev–Trinajstić information content (AvgIpc) is 2.34. The number of carboxylic acids is 1. The molecular weight excluding hydrogens is 252 g/mol. The Morgan fingerprint density at radius 3 is 2.74 bits per heavy atom. The van der Waals surface area contributed by atoms with Gasteiger partial charge in [-0.25, -0.2) is 4.98 Å². The van der Waals surface area contributed by atoms with Crippen molar-refractivity contribution in [1.82, 2.24) is 4.98 Å². The molecule has 0 fully saturated rings. The molecule has 0 atom stereocenters. The van der Waals surface area contributed by atoms with E-state index in [9.17, 15) is 14.9 Å². The van der Waals surface area contributed by atoms with Gasteiger partial charge in [0.15, 0.2) is 0 Å². The molecular formula is C11H12N4O4. The number of hydrogen-bond acceptors (Lipinski definition) is 6. The van der Waals surface area contributed by atoms with Crippen LogP contribution >= 0.6 is 0 Å². The van der Waals surface area contributed by atoms with Crippen molar-refractivity contribution in [3.05, 3.63) is 27.9 Å². The lowest BCUT2D eigenvalue weighted by Gasteiger charge is -2.26. The number of nitrogens with zero attached hydrogens (tertiary/aromatic N) is 4. The third-order valence-corrected chi connectivity index (χ3v) is 2.38. The van der Waals surface area contributed by atoms with Crippen molar-refractivity contribution in [2.24, 2.45) is 0 Å². The summed E-state index contributed by atoms with van der Waals surface area (Å²) in [7, 11) is 0. The van der Waals surface area contributed by atoms with Gasteiger partial charge in [0.25, 0.3) is 5.69 Å². The maximum absolute atomic E-state index is 10.8. The van der Waals surface area contributed by atoms with E-state index < -0.39 is 10.9 Å². The molecule has 0 aliphatic rings. The van der Waals surface area contributed by atoms with Crippen LogP contribution in [0.2, 0.25) is 0 Å². The van der Waals surface area contributed by atoms with Crippen LogP contribution in [0.1, 0.15) is 19.4 Å². The number of nitriles is 1. The molecule has 0 saturated heterocycles. The van der Waals surface area contributed by atoms with Crippen LogP contribution in [0, 0.1) is 21.4 Å². The second-order valence-corrected chi connectivity index (χ2v) is 4.05. The quantitative estimate of drug-likeness (QED) is 0.625. The third-order valence-electron chi connectivity index (χ3n) is 2.38. The Hall–Kier alpha value is -2.69. The molecule has 0 radical (unpaired) electrons. The van der Waals surface area contributed by atoms with E-state index in [1.54, 1.807) is 19.9 Å². The molecule has 1 N–H and O–H groups in total. The predicted molar refractivity (Wildman–Crippen MR) is 65.7 cm³/mol. The summed E-state index contributed by atoms with van der Waals surface area (Å²) in [6, 6.07) is 2.67. The van der Waals surface area contributed by atoms with Crippen LogP contribution in [0.3, 0.4) is 0 Å². The zero-order valence-corrected chi connectivity index (χ0v) is 10.4. The number of aliphatic carboxylic acids is 1. The molecule has 100 valence electrons. The number of nitro groups is 1. The second kappa shape index (κ2) is 5.77. The Kier molecular flexibility index (Phi) is 4.36. The summed E-state index contributed by atoms with van der Waals surface area (Å²) in [5.74, 6) is -0.941. The molecule has 1 rings (SSSR count). The highest BCUT2D eigenvalue weighted by Crippen LogP contribution is 2.23. The SMILES string of the molecule is CC(C)N(CC(=O)O)c1ncc([N+](=O)[O-])cc1C#N. The number of anilines is 1. The van der Waals surface area contributed by atoms with Crippen molar-refractivity contribution in [2.75, 3.05) is 11.4 Å². The molecule has 0 aromatic carbocycles. The number of carboxylic acid groups (broad SMARTS) is 1. The molecule has 0 spiro atoms. The lowest BCUT2D eigenvalue weighted by molar-refractivity contribution is -0.385. The molecule has 8 heteroatoms. The number of carbonyl (C=O) groups is 1. The fourth-order valence-electron chi connectivity index (χ4n) is 1.51. The topological polar surface area (TPSA) is 120 Å². The lowest BCUT2D eigenvalue weighted by Crippen LogP contribution is -2.36. The maximum Gasteiger partial charge on any atom is 0.323 e. The highest BCUT2D eigenvalue weighted by molar-refractivity contribution is 5.74. The van der Waals surface area contributed by atoms with Gasteiger partial charge in [-0.3, -0.25) is 14.9 Å². The Balaban J connectivity index is 3.27. The van der Waals surface area contributed by atoms with Crippen LogP contribution in [-0.2, 0) is 4.79 Å². The first-order chi connectivity index (χ1) is 8.86. The summed E-state index contributed by atoms with van der Waals surface area (Å²) in [4.78, 5) is 26.0. The average molecular weight is 264 g/mol. The van der Waals surface area contributed by atoms with Gasteiger partial charge in [0, 0.05) is 12.1 Å². The van der Waals surface area contributed by atoms with Crippen LogP contribution < -0.4 is 4.90 Å². The fourth-order valence-corrected chi connectivity index (χ4v) is 1.51. The Morgan fingerprint density at radius 1 is 1.68 bits per heavy atom. The van der Waals surface area contributed by atoms with Gasteiger partial charge in [-0.15, -0.1) is 0 Å². The molecule has 0 bridgehead atoms. The lowest BCUT2D eigenvalue weighted by atomic mass is 10.2. The summed E-state index contributed by atoms with van der Waals surface area (Å²) in [5.41, 5.74) is -0.330. The minimum atomic E-state index is -1.07. The van der Waals surface area contributed by atoms with E-state index in [-0.39, 0.29) is 29.7 Å². The first-order valence-electron chi connectivity index (χ1n) is 5.39. The van der Waals surface area contributed by atoms with Gasteiger partial charge in [0.1, 0.15) is 30.2 Å². The van der Waals surface area contributed by atoms with Crippen molar-refractivity contribution < 1.29 is 14.8 Å². The van der Waals surface area contributed by atoms with E-state index in [0.29, 0.717) is 0 Å². The van der Waals surface area contributed by atoms with Crippen LogP contribution in [0.4, 0.5) is 11.5 Å². The van der Waals surface area contributed by atoms with E-state index in [2.05, 4.69) is 4.98 Å². The van der Waals surface area contributed by atoms with E-state index in [1.165, 1.54) is 4.90 Å². The van der Waals surface area contributed by atoms with Gasteiger partial charge in [-0.2, -0.15) is 5.26 Å². The number of pyridine rings is 1. The number of hydrogen-bond donors (Lipinski definition) is 1. The second-order valence-electron chi connectivity index (χ2n) is 4.05. The van der Waals surface area contributed by atoms with E-state index in [0.717, 1.165) is 12.3 Å². The summed E-state index contributed by atoms with van der Waals surface area (Å²) in [6.07, 6.45) is 1.01. The molecule has 0 amide bonds. The van der Waals surface area contributed by atoms with Gasteiger partial charge in [0.2, 0.25) is 0 Å². The predicted octanol–water partition coefficient (Wildman–Crippen LogP) is 1.16. The Bertz CT molecular complexity index is 550. The van der Waals surface area contributed by atoms with Gasteiger partial charge in [-0.1, -0.05) is 0 Å².